The van der Waals surface area contributed by atoms with Crippen molar-refractivity contribution in [3.8, 4) is 0 Å². The lowest BCUT2D eigenvalue weighted by atomic mass is 9.98. The van der Waals surface area contributed by atoms with Gasteiger partial charge < -0.3 is 14.9 Å². The average Bonchev–Trinajstić information content (AvgIpc) is 2.38. The van der Waals surface area contributed by atoms with Crippen molar-refractivity contribution in [3.05, 3.63) is 36.4 Å². The van der Waals surface area contributed by atoms with Crippen molar-refractivity contribution in [1.82, 2.24) is 0 Å². The molecule has 0 fully saturated rings. The predicted octanol–water partition coefficient (Wildman–Crippen LogP) is 0.834. The summed E-state index contributed by atoms with van der Waals surface area (Å²) in [5, 5.41) is 17.2. The van der Waals surface area contributed by atoms with Crippen LogP contribution in [0.4, 0.5) is 0 Å². The Labute approximate surface area is 86.7 Å². The van der Waals surface area contributed by atoms with Gasteiger partial charge in [-0.25, -0.2) is 0 Å². The van der Waals surface area contributed by atoms with Gasteiger partial charge in [0, 0.05) is 24.9 Å². The summed E-state index contributed by atoms with van der Waals surface area (Å²) in [5.41, 5.74) is -0.321. The molecule has 0 aliphatic carbocycles. The molecule has 2 aliphatic heterocycles. The molecule has 0 amide bonds. The summed E-state index contributed by atoms with van der Waals surface area (Å²) in [4.78, 5) is 12.8. The predicted molar refractivity (Wildman–Crippen MR) is 54.2 cm³/mol. The number of carbonyl (C=O) groups is 1. The fourth-order valence-electron chi connectivity index (χ4n) is 1.03. The Kier molecular flexibility index (Phi) is 3.41. The third kappa shape index (κ3) is 3.07. The monoisotopic (exact) mass is 209 g/mol. The van der Waals surface area contributed by atoms with E-state index in [4.69, 9.17) is 14.6 Å². The Bertz CT molecular complexity index is 364. The number of carboxylic acid groups (broad SMARTS) is 1. The van der Waals surface area contributed by atoms with Crippen LogP contribution in [0.15, 0.2) is 41.4 Å². The minimum Gasteiger partial charge on any atom is -0.481 e. The summed E-state index contributed by atoms with van der Waals surface area (Å²) in [6.45, 7) is 1.08. The minimum absolute atomic E-state index is 0.728. The Morgan fingerprint density at radius 3 is 2.87 bits per heavy atom. The smallest absolute Gasteiger partial charge is 0.300 e. The molecule has 0 saturated carbocycles. The van der Waals surface area contributed by atoms with E-state index in [2.05, 4.69) is 4.99 Å². The second-order valence-corrected chi connectivity index (χ2v) is 2.95. The van der Waals surface area contributed by atoms with Crippen molar-refractivity contribution in [1.29, 1.82) is 0 Å². The number of fused-ring (bicyclic) bond motifs is 1. The zero-order chi connectivity index (χ0) is 11.3. The van der Waals surface area contributed by atoms with Gasteiger partial charge in [-0.05, 0) is 12.2 Å². The molecule has 2 heterocycles. The van der Waals surface area contributed by atoms with Crippen LogP contribution < -0.4 is 0 Å². The molecular weight excluding hydrogens is 198 g/mol. The summed E-state index contributed by atoms with van der Waals surface area (Å²) >= 11 is 0. The van der Waals surface area contributed by atoms with Gasteiger partial charge in [0.25, 0.3) is 5.97 Å². The highest BCUT2D eigenvalue weighted by Crippen LogP contribution is 2.24. The molecule has 5 heteroatoms. The van der Waals surface area contributed by atoms with E-state index in [0.29, 0.717) is 0 Å². The number of hydrogen-bond donors (Lipinski definition) is 2. The molecule has 0 aromatic heterocycles. The van der Waals surface area contributed by atoms with Gasteiger partial charge >= 0.3 is 0 Å². The summed E-state index contributed by atoms with van der Waals surface area (Å²) in [7, 11) is 0. The molecule has 15 heavy (non-hydrogen) atoms. The van der Waals surface area contributed by atoms with Crippen LogP contribution in [0.25, 0.3) is 0 Å². The first-order chi connectivity index (χ1) is 7.04. The Morgan fingerprint density at radius 2 is 2.20 bits per heavy atom. The first-order valence-corrected chi connectivity index (χ1v) is 4.21. The quantitative estimate of drug-likeness (QED) is 0.619. The van der Waals surface area contributed by atoms with E-state index in [1.165, 1.54) is 18.7 Å². The SMILES string of the molecule is CC(=O)O.OC12C=COC=CC1=CN=C2. The fraction of sp³-hybridized carbons (Fsp3) is 0.200. The highest BCUT2D eigenvalue weighted by atomic mass is 16.5. The Hall–Kier alpha value is -1.88. The van der Waals surface area contributed by atoms with Crippen molar-refractivity contribution in [2.45, 2.75) is 12.5 Å². The number of rotatable bonds is 0. The molecule has 0 saturated heterocycles. The van der Waals surface area contributed by atoms with Crippen molar-refractivity contribution in [2.24, 2.45) is 4.99 Å². The second kappa shape index (κ2) is 4.56. The van der Waals surface area contributed by atoms with Gasteiger partial charge in [0.1, 0.15) is 5.60 Å². The number of nitrogens with zero attached hydrogens (tertiary/aromatic N) is 1. The lowest BCUT2D eigenvalue weighted by Gasteiger charge is -2.13. The van der Waals surface area contributed by atoms with Gasteiger partial charge in [0.05, 0.1) is 12.5 Å². The van der Waals surface area contributed by atoms with E-state index >= 15 is 0 Å². The molecule has 2 N–H and O–H groups in total. The van der Waals surface area contributed by atoms with Crippen LogP contribution in [0.5, 0.6) is 0 Å². The molecule has 1 atom stereocenters. The zero-order valence-corrected chi connectivity index (χ0v) is 8.12. The normalized spacial score (nSPS) is 25.6. The fourth-order valence-corrected chi connectivity index (χ4v) is 1.03. The number of hydrogen-bond acceptors (Lipinski definition) is 4. The second-order valence-electron chi connectivity index (χ2n) is 2.95. The number of aliphatic imine (C=N–C) groups is 1. The maximum Gasteiger partial charge on any atom is 0.300 e. The zero-order valence-electron chi connectivity index (χ0n) is 8.12. The van der Waals surface area contributed by atoms with Crippen LogP contribution in [0.3, 0.4) is 0 Å². The highest BCUT2D eigenvalue weighted by molar-refractivity contribution is 5.81. The topological polar surface area (TPSA) is 79.1 Å². The lowest BCUT2D eigenvalue weighted by Crippen LogP contribution is -2.26. The molecule has 0 aromatic rings. The van der Waals surface area contributed by atoms with Crippen molar-refractivity contribution < 1.29 is 19.7 Å². The highest BCUT2D eigenvalue weighted by Gasteiger charge is 2.29. The van der Waals surface area contributed by atoms with Gasteiger partial charge in [-0.1, -0.05) is 0 Å². The van der Waals surface area contributed by atoms with Crippen LogP contribution in [0.2, 0.25) is 0 Å². The number of aliphatic carboxylic acids is 1. The first kappa shape index (κ1) is 11.2. The summed E-state index contributed by atoms with van der Waals surface area (Å²) in [6.07, 6.45) is 9.26. The third-order valence-corrected chi connectivity index (χ3v) is 1.67. The average molecular weight is 209 g/mol. The largest absolute Gasteiger partial charge is 0.481 e. The van der Waals surface area contributed by atoms with E-state index in [1.54, 1.807) is 18.4 Å². The Balaban J connectivity index is 0.000000245. The van der Waals surface area contributed by atoms with E-state index in [9.17, 15) is 5.11 Å². The van der Waals surface area contributed by atoms with Crippen molar-refractivity contribution in [3.63, 3.8) is 0 Å². The van der Waals surface area contributed by atoms with Crippen LogP contribution >= 0.6 is 0 Å². The molecule has 0 bridgehead atoms. The van der Waals surface area contributed by atoms with E-state index < -0.39 is 11.6 Å². The van der Waals surface area contributed by atoms with Crippen LogP contribution in [0.1, 0.15) is 6.92 Å². The number of carboxylic acids is 1. The number of ether oxygens (including phenoxy) is 1. The maximum atomic E-state index is 9.76. The van der Waals surface area contributed by atoms with Gasteiger partial charge in [-0.15, -0.1) is 0 Å². The van der Waals surface area contributed by atoms with Crippen LogP contribution in [-0.2, 0) is 9.53 Å². The summed E-state index contributed by atoms with van der Waals surface area (Å²) in [6, 6.07) is 0. The Morgan fingerprint density at radius 1 is 1.53 bits per heavy atom. The van der Waals surface area contributed by atoms with Crippen molar-refractivity contribution in [2.75, 3.05) is 0 Å². The molecule has 2 rings (SSSR count). The van der Waals surface area contributed by atoms with Crippen LogP contribution in [0, 0.1) is 0 Å². The van der Waals surface area contributed by atoms with Crippen molar-refractivity contribution >= 4 is 12.2 Å². The molecule has 2 aliphatic rings. The lowest BCUT2D eigenvalue weighted by molar-refractivity contribution is -0.134. The van der Waals surface area contributed by atoms with E-state index in [-0.39, 0.29) is 0 Å². The molecule has 1 unspecified atom stereocenters. The summed E-state index contributed by atoms with van der Waals surface area (Å²) in [5.74, 6) is -0.833. The first-order valence-electron chi connectivity index (χ1n) is 4.21. The third-order valence-electron chi connectivity index (χ3n) is 1.67. The van der Waals surface area contributed by atoms with Gasteiger partial charge in [0.2, 0.25) is 0 Å². The van der Waals surface area contributed by atoms with Crippen LogP contribution in [-0.4, -0.2) is 28.0 Å². The molecule has 5 nitrogen and oxygen atoms in total. The van der Waals surface area contributed by atoms with Gasteiger partial charge in [-0.2, -0.15) is 0 Å². The van der Waals surface area contributed by atoms with Gasteiger partial charge in [0.15, 0.2) is 0 Å². The molecule has 80 valence electrons. The van der Waals surface area contributed by atoms with Gasteiger partial charge in [-0.3, -0.25) is 9.79 Å². The molecule has 0 radical (unpaired) electrons. The maximum absolute atomic E-state index is 9.76. The molecule has 0 aromatic carbocycles. The summed E-state index contributed by atoms with van der Waals surface area (Å²) < 4.78 is 4.87. The molecular formula is C10H11NO4. The molecule has 0 spiro atoms. The van der Waals surface area contributed by atoms with E-state index in [0.717, 1.165) is 12.5 Å². The number of aliphatic hydroxyl groups is 1. The van der Waals surface area contributed by atoms with E-state index in [1.807, 2.05) is 0 Å². The minimum atomic E-state index is -1.05. The standard InChI is InChI=1S/C8H7NO2.C2H4O2/c10-8-2-4-11-3-1-7(8)5-9-6-8;1-2(3)4/h1-6,10H;1H3,(H,3,4).